The molecule has 31 valence electrons. The van der Waals surface area contributed by atoms with Crippen molar-refractivity contribution in [2.45, 2.75) is 13.5 Å². The van der Waals surface area contributed by atoms with Crippen molar-refractivity contribution in [1.82, 2.24) is 0 Å². The van der Waals surface area contributed by atoms with Crippen molar-refractivity contribution >= 4 is 9.52 Å². The smallest absolute Gasteiger partial charge is 0.0426 e. The van der Waals surface area contributed by atoms with Crippen LogP contribution in [0.3, 0.4) is 0 Å². The molecule has 1 nitrogen and oxygen atoms in total. The molecule has 0 atom stereocenters. The quantitative estimate of drug-likeness (QED) is 0.436. The molecule has 2 N–H and O–H groups in total. The molecule has 0 amide bonds. The Hall–Kier alpha value is 0.177. The zero-order valence-corrected chi connectivity index (χ0v) is 5.20. The Bertz CT molecular complexity index is 20.9. The fourth-order valence-corrected chi connectivity index (χ4v) is 0. The van der Waals surface area contributed by atoms with Crippen LogP contribution in [0.25, 0.3) is 0 Å². The van der Waals surface area contributed by atoms with Crippen LogP contribution in [-0.4, -0.2) is 9.52 Å². The molecule has 0 aliphatic carbocycles. The standard InChI is InChI=1S/C3H10NSi/c1-3(4)5-2/h4-5H2,1-2H3. The maximum atomic E-state index is 5.27. The van der Waals surface area contributed by atoms with E-state index in [9.17, 15) is 0 Å². The molecular weight excluding hydrogens is 78.1 g/mol. The fraction of sp³-hybridized carbons (Fsp3) is 0.667. The summed E-state index contributed by atoms with van der Waals surface area (Å²) >= 11 is 0. The fourth-order valence-electron chi connectivity index (χ4n) is 0. The second-order valence-electron chi connectivity index (χ2n) is 1.20. The topological polar surface area (TPSA) is 26.0 Å². The Balaban J connectivity index is 2.54. The van der Waals surface area contributed by atoms with Crippen molar-refractivity contribution in [3.05, 3.63) is 5.67 Å². The van der Waals surface area contributed by atoms with Crippen molar-refractivity contribution in [3.8, 4) is 0 Å². The van der Waals surface area contributed by atoms with E-state index in [2.05, 4.69) is 6.55 Å². The molecule has 0 bridgehead atoms. The Labute approximate surface area is 35.4 Å². The van der Waals surface area contributed by atoms with Crippen LogP contribution >= 0.6 is 0 Å². The van der Waals surface area contributed by atoms with E-state index in [0.29, 0.717) is 0 Å². The molecule has 0 heterocycles. The SMILES string of the molecule is C[SiH2][C](C)N. The van der Waals surface area contributed by atoms with Crippen LogP contribution in [0.5, 0.6) is 0 Å². The molecule has 0 spiro atoms. The van der Waals surface area contributed by atoms with Gasteiger partial charge in [0.2, 0.25) is 0 Å². The van der Waals surface area contributed by atoms with Gasteiger partial charge >= 0.3 is 0 Å². The van der Waals surface area contributed by atoms with E-state index in [0.717, 1.165) is 5.67 Å². The van der Waals surface area contributed by atoms with Gasteiger partial charge in [0.1, 0.15) is 0 Å². The van der Waals surface area contributed by atoms with Crippen LogP contribution in [0.4, 0.5) is 0 Å². The van der Waals surface area contributed by atoms with E-state index in [4.69, 9.17) is 5.73 Å². The Kier molecular flexibility index (Phi) is 2.50. The van der Waals surface area contributed by atoms with Crippen LogP contribution < -0.4 is 5.73 Å². The first-order valence-electron chi connectivity index (χ1n) is 1.85. The van der Waals surface area contributed by atoms with Gasteiger partial charge in [0.25, 0.3) is 0 Å². The van der Waals surface area contributed by atoms with E-state index in [1.165, 1.54) is 0 Å². The predicted molar refractivity (Wildman–Crippen MR) is 27.5 cm³/mol. The lowest BCUT2D eigenvalue weighted by Gasteiger charge is -1.89. The zero-order chi connectivity index (χ0) is 4.28. The van der Waals surface area contributed by atoms with E-state index in [-0.39, 0.29) is 9.52 Å². The van der Waals surface area contributed by atoms with Crippen molar-refractivity contribution in [1.29, 1.82) is 0 Å². The van der Waals surface area contributed by atoms with Crippen molar-refractivity contribution in [2.24, 2.45) is 5.73 Å². The third kappa shape index (κ3) is 4.18. The van der Waals surface area contributed by atoms with Gasteiger partial charge in [-0.05, 0) is 6.92 Å². The largest absolute Gasteiger partial charge is 0.327 e. The van der Waals surface area contributed by atoms with E-state index >= 15 is 0 Å². The van der Waals surface area contributed by atoms with Crippen molar-refractivity contribution in [2.75, 3.05) is 0 Å². The minimum atomic E-state index is 0.0432. The van der Waals surface area contributed by atoms with Crippen molar-refractivity contribution < 1.29 is 0 Å². The van der Waals surface area contributed by atoms with Crippen LogP contribution in [-0.2, 0) is 0 Å². The first-order chi connectivity index (χ1) is 2.27. The first kappa shape index (κ1) is 5.18. The van der Waals surface area contributed by atoms with Crippen LogP contribution in [0, 0.1) is 5.67 Å². The molecule has 0 aromatic carbocycles. The molecule has 0 unspecified atom stereocenters. The van der Waals surface area contributed by atoms with Gasteiger partial charge in [-0.3, -0.25) is 0 Å². The summed E-state index contributed by atoms with van der Waals surface area (Å²) in [5.41, 5.74) is 6.41. The predicted octanol–water partition coefficient (Wildman–Crippen LogP) is -0.329. The van der Waals surface area contributed by atoms with Crippen LogP contribution in [0.1, 0.15) is 6.92 Å². The third-order valence-electron chi connectivity index (χ3n) is 0.558. The molecule has 0 aliphatic rings. The van der Waals surface area contributed by atoms with Gasteiger partial charge in [-0.2, -0.15) is 0 Å². The Morgan fingerprint density at radius 1 is 1.80 bits per heavy atom. The number of hydrogen-bond acceptors (Lipinski definition) is 1. The van der Waals surface area contributed by atoms with Crippen molar-refractivity contribution in [3.63, 3.8) is 0 Å². The molecule has 1 radical (unpaired) electrons. The maximum absolute atomic E-state index is 5.27. The molecule has 0 fully saturated rings. The number of rotatable bonds is 1. The summed E-state index contributed by atoms with van der Waals surface area (Å²) < 4.78 is 0. The summed E-state index contributed by atoms with van der Waals surface area (Å²) in [7, 11) is 0.0432. The molecule has 0 aromatic heterocycles. The monoisotopic (exact) mass is 88.1 g/mol. The molecule has 0 saturated carbocycles. The van der Waals surface area contributed by atoms with Gasteiger partial charge in [-0.15, -0.1) is 0 Å². The summed E-state index contributed by atoms with van der Waals surface area (Å²) in [5, 5.41) is 0. The lowest BCUT2D eigenvalue weighted by Crippen LogP contribution is -2.09. The molecule has 2 heteroatoms. The van der Waals surface area contributed by atoms with Crippen LogP contribution in [0.2, 0.25) is 6.55 Å². The van der Waals surface area contributed by atoms with Gasteiger partial charge in [0.05, 0.1) is 0 Å². The maximum Gasteiger partial charge on any atom is 0.0426 e. The molecule has 0 saturated heterocycles. The normalized spacial score (nSPS) is 12.0. The molecule has 0 aromatic rings. The van der Waals surface area contributed by atoms with E-state index < -0.39 is 0 Å². The van der Waals surface area contributed by atoms with Gasteiger partial charge in [0.15, 0.2) is 0 Å². The lowest BCUT2D eigenvalue weighted by molar-refractivity contribution is 1.23. The minimum absolute atomic E-state index is 0.0432. The summed E-state index contributed by atoms with van der Waals surface area (Å²) in [5.74, 6) is 0. The highest BCUT2D eigenvalue weighted by atomic mass is 28.2. The average Bonchev–Trinajstić information content (AvgIpc) is 1.38. The highest BCUT2D eigenvalue weighted by Crippen LogP contribution is 1.75. The average molecular weight is 88.2 g/mol. The minimum Gasteiger partial charge on any atom is -0.327 e. The third-order valence-corrected chi connectivity index (χ3v) is 1.67. The molecule has 5 heavy (non-hydrogen) atoms. The highest BCUT2D eigenvalue weighted by molar-refractivity contribution is 6.40. The summed E-state index contributed by atoms with van der Waals surface area (Å²) in [6, 6.07) is 0. The Morgan fingerprint density at radius 2 is 2.00 bits per heavy atom. The van der Waals surface area contributed by atoms with Gasteiger partial charge in [-0.1, -0.05) is 6.55 Å². The lowest BCUT2D eigenvalue weighted by atomic mass is 10.8. The number of hydrogen-bond donors (Lipinski definition) is 1. The molecule has 0 aliphatic heterocycles. The van der Waals surface area contributed by atoms with Gasteiger partial charge in [-0.25, -0.2) is 0 Å². The summed E-state index contributed by atoms with van der Waals surface area (Å²) in [4.78, 5) is 0. The second-order valence-corrected chi connectivity index (χ2v) is 3.02. The zero-order valence-electron chi connectivity index (χ0n) is 3.78. The second kappa shape index (κ2) is 2.42. The van der Waals surface area contributed by atoms with Crippen LogP contribution in [0.15, 0.2) is 0 Å². The summed E-state index contributed by atoms with van der Waals surface area (Å²) in [6.45, 7) is 4.15. The first-order valence-corrected chi connectivity index (χ1v) is 3.97. The van der Waals surface area contributed by atoms with Gasteiger partial charge < -0.3 is 5.73 Å². The highest BCUT2D eigenvalue weighted by Gasteiger charge is 1.82. The van der Waals surface area contributed by atoms with E-state index in [1.54, 1.807) is 0 Å². The number of nitrogens with two attached hydrogens (primary N) is 1. The molecular formula is C3H10NSi. The summed E-state index contributed by atoms with van der Waals surface area (Å²) in [6.07, 6.45) is 0. The van der Waals surface area contributed by atoms with E-state index in [1.807, 2.05) is 6.92 Å². The Morgan fingerprint density at radius 3 is 2.00 bits per heavy atom. The molecule has 0 rings (SSSR count). The van der Waals surface area contributed by atoms with Gasteiger partial charge in [0, 0.05) is 15.2 Å².